The van der Waals surface area contributed by atoms with Gasteiger partial charge in [-0.3, -0.25) is 20.0 Å². The van der Waals surface area contributed by atoms with E-state index < -0.39 is 5.79 Å². The van der Waals surface area contributed by atoms with Gasteiger partial charge in [-0.15, -0.1) is 0 Å². The van der Waals surface area contributed by atoms with Gasteiger partial charge in [0.05, 0.1) is 24.5 Å². The van der Waals surface area contributed by atoms with Crippen LogP contribution in [0.3, 0.4) is 0 Å². The molecule has 1 fully saturated rings. The molecule has 130 valence electrons. The van der Waals surface area contributed by atoms with Crippen molar-refractivity contribution in [3.8, 4) is 0 Å². The van der Waals surface area contributed by atoms with Gasteiger partial charge in [0, 0.05) is 24.8 Å². The third kappa shape index (κ3) is 5.27. The molecule has 0 radical (unpaired) electrons. The highest BCUT2D eigenvalue weighted by Crippen LogP contribution is 2.28. The zero-order chi connectivity index (χ0) is 17.5. The Bertz CT molecular complexity index is 655. The molecule has 0 bridgehead atoms. The highest BCUT2D eigenvalue weighted by molar-refractivity contribution is 5.77. The van der Waals surface area contributed by atoms with Gasteiger partial charge in [0.15, 0.2) is 5.79 Å². The second-order valence-electron chi connectivity index (χ2n) is 6.21. The molecule has 0 spiro atoms. The van der Waals surface area contributed by atoms with Crippen molar-refractivity contribution in [2.45, 2.75) is 31.8 Å². The first-order valence-electron chi connectivity index (χ1n) is 8.30. The molecule has 0 amide bonds. The van der Waals surface area contributed by atoms with E-state index in [0.29, 0.717) is 13.1 Å². The van der Waals surface area contributed by atoms with E-state index in [1.165, 1.54) is 0 Å². The first-order chi connectivity index (χ1) is 12.1. The standard InChI is InChI=1S/C19H22N4O2/c1-19(2)24-17(13-20-11-15-7-3-5-9-22-15)18(25-19)14-21-12-16-8-4-6-10-23-16/h3-12,17-18H,13-14H2,1-2H3/t17-,18-/m0/s1. The Labute approximate surface area is 147 Å². The maximum absolute atomic E-state index is 5.96. The molecule has 6 heteroatoms. The first-order valence-corrected chi connectivity index (χ1v) is 8.30. The Hall–Kier alpha value is -2.44. The SMILES string of the molecule is CC1(C)O[C@@H](CN=Cc2ccccn2)[C@H](CN=Cc2ccccn2)O1. The van der Waals surface area contributed by atoms with Crippen LogP contribution in [0.25, 0.3) is 0 Å². The zero-order valence-corrected chi connectivity index (χ0v) is 14.4. The average molecular weight is 338 g/mol. The lowest BCUT2D eigenvalue weighted by atomic mass is 10.2. The van der Waals surface area contributed by atoms with Crippen LogP contribution < -0.4 is 0 Å². The van der Waals surface area contributed by atoms with E-state index in [1.54, 1.807) is 24.8 Å². The third-order valence-corrected chi connectivity index (χ3v) is 3.68. The van der Waals surface area contributed by atoms with Crippen molar-refractivity contribution in [3.63, 3.8) is 0 Å². The molecular formula is C19H22N4O2. The molecule has 2 atom stereocenters. The molecule has 2 aromatic rings. The van der Waals surface area contributed by atoms with Crippen molar-refractivity contribution in [1.29, 1.82) is 0 Å². The summed E-state index contributed by atoms with van der Waals surface area (Å²) in [5, 5.41) is 0. The molecule has 3 rings (SSSR count). The van der Waals surface area contributed by atoms with Crippen LogP contribution in [-0.4, -0.2) is 53.5 Å². The number of nitrogens with zero attached hydrogens (tertiary/aromatic N) is 4. The van der Waals surface area contributed by atoms with Crippen LogP contribution in [0.4, 0.5) is 0 Å². The van der Waals surface area contributed by atoms with Crippen LogP contribution >= 0.6 is 0 Å². The van der Waals surface area contributed by atoms with Gasteiger partial charge in [-0.1, -0.05) is 12.1 Å². The van der Waals surface area contributed by atoms with E-state index in [4.69, 9.17) is 9.47 Å². The Morgan fingerprint density at radius 1 is 0.880 bits per heavy atom. The van der Waals surface area contributed by atoms with Crippen LogP contribution in [0, 0.1) is 0 Å². The summed E-state index contributed by atoms with van der Waals surface area (Å²) in [6.45, 7) is 4.82. The highest BCUT2D eigenvalue weighted by Gasteiger charge is 2.40. The lowest BCUT2D eigenvalue weighted by Crippen LogP contribution is -2.28. The molecule has 0 unspecified atom stereocenters. The van der Waals surface area contributed by atoms with Gasteiger partial charge in [-0.05, 0) is 38.1 Å². The maximum atomic E-state index is 5.96. The summed E-state index contributed by atoms with van der Waals surface area (Å²) in [5.41, 5.74) is 1.65. The number of hydrogen-bond donors (Lipinski definition) is 0. The van der Waals surface area contributed by atoms with Crippen LogP contribution in [0.15, 0.2) is 58.8 Å². The van der Waals surface area contributed by atoms with Gasteiger partial charge >= 0.3 is 0 Å². The number of aliphatic imine (C=N–C) groups is 2. The molecule has 1 aliphatic heterocycles. The van der Waals surface area contributed by atoms with Crippen molar-refractivity contribution in [2.24, 2.45) is 9.98 Å². The molecule has 1 saturated heterocycles. The fourth-order valence-electron chi connectivity index (χ4n) is 2.62. The second kappa shape index (κ2) is 8.09. The molecule has 3 heterocycles. The lowest BCUT2D eigenvalue weighted by molar-refractivity contribution is -0.144. The molecule has 2 aromatic heterocycles. The number of rotatable bonds is 6. The number of ether oxygens (including phenoxy) is 2. The Morgan fingerprint density at radius 2 is 1.36 bits per heavy atom. The molecule has 0 saturated carbocycles. The fraction of sp³-hybridized carbons (Fsp3) is 0.368. The molecule has 0 aliphatic carbocycles. The van der Waals surface area contributed by atoms with Crippen molar-refractivity contribution in [2.75, 3.05) is 13.1 Å². The minimum absolute atomic E-state index is 0.143. The Kier molecular flexibility index (Phi) is 5.63. The molecule has 0 N–H and O–H groups in total. The monoisotopic (exact) mass is 338 g/mol. The maximum Gasteiger partial charge on any atom is 0.163 e. The van der Waals surface area contributed by atoms with Crippen molar-refractivity contribution >= 4 is 12.4 Å². The summed E-state index contributed by atoms with van der Waals surface area (Å²) in [6.07, 6.45) is 6.71. The van der Waals surface area contributed by atoms with Crippen LogP contribution in [0.5, 0.6) is 0 Å². The minimum atomic E-state index is -0.629. The molecular weight excluding hydrogens is 316 g/mol. The van der Waals surface area contributed by atoms with E-state index in [9.17, 15) is 0 Å². The predicted octanol–water partition coefficient (Wildman–Crippen LogP) is 2.53. The Balaban J connectivity index is 1.58. The predicted molar refractivity (Wildman–Crippen MR) is 97.2 cm³/mol. The second-order valence-corrected chi connectivity index (χ2v) is 6.21. The van der Waals surface area contributed by atoms with E-state index in [1.807, 2.05) is 50.2 Å². The van der Waals surface area contributed by atoms with Gasteiger partial charge in [-0.25, -0.2) is 0 Å². The topological polar surface area (TPSA) is 69.0 Å². The molecule has 6 nitrogen and oxygen atoms in total. The highest BCUT2D eigenvalue weighted by atomic mass is 16.8. The summed E-state index contributed by atoms with van der Waals surface area (Å²) >= 11 is 0. The summed E-state index contributed by atoms with van der Waals surface area (Å²) in [5.74, 6) is -0.629. The van der Waals surface area contributed by atoms with Gasteiger partial charge in [0.1, 0.15) is 12.2 Å². The summed E-state index contributed by atoms with van der Waals surface area (Å²) in [7, 11) is 0. The van der Waals surface area contributed by atoms with Crippen LogP contribution in [-0.2, 0) is 9.47 Å². The minimum Gasteiger partial charge on any atom is -0.343 e. The Morgan fingerprint density at radius 3 is 1.76 bits per heavy atom. The number of hydrogen-bond acceptors (Lipinski definition) is 6. The van der Waals surface area contributed by atoms with E-state index in [0.717, 1.165) is 11.4 Å². The zero-order valence-electron chi connectivity index (χ0n) is 14.4. The summed E-state index contributed by atoms with van der Waals surface area (Å²) < 4.78 is 11.9. The smallest absolute Gasteiger partial charge is 0.163 e. The normalized spacial score (nSPS) is 22.8. The first kappa shape index (κ1) is 17.4. The van der Waals surface area contributed by atoms with E-state index in [2.05, 4.69) is 20.0 Å². The summed E-state index contributed by atoms with van der Waals surface area (Å²) in [6, 6.07) is 11.4. The average Bonchev–Trinajstić information content (AvgIpc) is 2.91. The molecule has 0 aromatic carbocycles. The summed E-state index contributed by atoms with van der Waals surface area (Å²) in [4.78, 5) is 17.3. The van der Waals surface area contributed by atoms with Crippen molar-refractivity contribution < 1.29 is 9.47 Å². The van der Waals surface area contributed by atoms with Crippen LogP contribution in [0.2, 0.25) is 0 Å². The van der Waals surface area contributed by atoms with Gasteiger partial charge in [0.25, 0.3) is 0 Å². The molecule has 1 aliphatic rings. The third-order valence-electron chi connectivity index (χ3n) is 3.68. The lowest BCUT2D eigenvalue weighted by Gasteiger charge is -2.16. The van der Waals surface area contributed by atoms with Crippen molar-refractivity contribution in [1.82, 2.24) is 9.97 Å². The number of aromatic nitrogens is 2. The van der Waals surface area contributed by atoms with E-state index in [-0.39, 0.29) is 12.2 Å². The van der Waals surface area contributed by atoms with E-state index >= 15 is 0 Å². The molecule has 25 heavy (non-hydrogen) atoms. The quantitative estimate of drug-likeness (QED) is 0.759. The van der Waals surface area contributed by atoms with Crippen LogP contribution in [0.1, 0.15) is 25.2 Å². The van der Waals surface area contributed by atoms with Gasteiger partial charge in [0.2, 0.25) is 0 Å². The van der Waals surface area contributed by atoms with Gasteiger partial charge < -0.3 is 9.47 Å². The largest absolute Gasteiger partial charge is 0.343 e. The van der Waals surface area contributed by atoms with Crippen molar-refractivity contribution in [3.05, 3.63) is 60.2 Å². The fourth-order valence-corrected chi connectivity index (χ4v) is 2.62. The number of pyridine rings is 2. The van der Waals surface area contributed by atoms with Gasteiger partial charge in [-0.2, -0.15) is 0 Å².